The number of benzene rings is 3. The van der Waals surface area contributed by atoms with Gasteiger partial charge in [0, 0.05) is 10.7 Å². The van der Waals surface area contributed by atoms with Gasteiger partial charge in [0.15, 0.2) is 29.6 Å². The van der Waals surface area contributed by atoms with Gasteiger partial charge in [-0.05, 0) is 96.5 Å². The summed E-state index contributed by atoms with van der Waals surface area (Å²) in [5, 5.41) is 10.0. The number of carbonyl (C=O) groups excluding carboxylic acids is 3. The Labute approximate surface area is 290 Å². The first-order valence-electron chi connectivity index (χ1n) is 14.5. The molecule has 1 atom stereocenters. The Balaban J connectivity index is 1.39. The van der Waals surface area contributed by atoms with E-state index in [9.17, 15) is 14.4 Å². The van der Waals surface area contributed by atoms with Crippen molar-refractivity contribution in [3.8, 4) is 23.0 Å². The fourth-order valence-electron chi connectivity index (χ4n) is 4.61. The predicted octanol–water partition coefficient (Wildman–Crippen LogP) is 5.65. The topological polar surface area (TPSA) is 146 Å². The van der Waals surface area contributed by atoms with Crippen LogP contribution in [0, 0.1) is 3.57 Å². The van der Waals surface area contributed by atoms with Crippen molar-refractivity contribution in [2.75, 3.05) is 26.9 Å². The molecule has 1 aliphatic heterocycles. The van der Waals surface area contributed by atoms with E-state index in [1.54, 1.807) is 44.2 Å². The van der Waals surface area contributed by atoms with Crippen molar-refractivity contribution in [3.05, 3.63) is 91.2 Å². The average molecular weight is 777 g/mol. The van der Waals surface area contributed by atoms with E-state index in [4.69, 9.17) is 35.3 Å². The molecule has 3 amide bonds. The Morgan fingerprint density at radius 2 is 1.83 bits per heavy atom. The van der Waals surface area contributed by atoms with Gasteiger partial charge in [0.1, 0.15) is 6.61 Å². The minimum Gasteiger partial charge on any atom is -0.493 e. The molecule has 0 fully saturated rings. The highest BCUT2D eigenvalue weighted by Gasteiger charge is 2.32. The summed E-state index contributed by atoms with van der Waals surface area (Å²) < 4.78 is 29.0. The van der Waals surface area contributed by atoms with E-state index < -0.39 is 23.9 Å². The lowest BCUT2D eigenvalue weighted by Crippen LogP contribution is -2.45. The van der Waals surface area contributed by atoms with Gasteiger partial charge >= 0.3 is 12.0 Å². The lowest BCUT2D eigenvalue weighted by molar-refractivity contribution is -0.139. The van der Waals surface area contributed by atoms with E-state index in [1.165, 1.54) is 13.3 Å². The Hall–Kier alpha value is -4.50. The zero-order valence-corrected chi connectivity index (χ0v) is 29.1. The van der Waals surface area contributed by atoms with E-state index in [1.807, 2.05) is 31.2 Å². The number of hydrogen-bond acceptors (Lipinski definition) is 9. The summed E-state index contributed by atoms with van der Waals surface area (Å²) in [5.41, 5.74) is 5.26. The van der Waals surface area contributed by atoms with Gasteiger partial charge in [-0.1, -0.05) is 29.8 Å². The number of esters is 1. The number of urea groups is 1. The summed E-state index contributed by atoms with van der Waals surface area (Å²) in [6.45, 7) is 5.76. The van der Waals surface area contributed by atoms with Crippen LogP contribution < -0.4 is 35.0 Å². The SMILES string of the molecule is CCOC(=O)C1=C(C)NC(=O)N[C@H]1c1ccc(OCC(=O)N/N=C/c2cc(I)c(OCc3cccc(Cl)c3)c(OCC)c2)c(OC)c1. The summed E-state index contributed by atoms with van der Waals surface area (Å²) in [6, 6.07) is 14.7. The van der Waals surface area contributed by atoms with Crippen molar-refractivity contribution in [1.82, 2.24) is 16.1 Å². The first kappa shape index (κ1) is 35.4. The highest BCUT2D eigenvalue weighted by Crippen LogP contribution is 2.36. The molecule has 3 aromatic carbocycles. The normalized spacial score (nSPS) is 14.3. The largest absolute Gasteiger partial charge is 0.493 e. The van der Waals surface area contributed by atoms with E-state index in [-0.39, 0.29) is 24.5 Å². The number of nitrogens with zero attached hydrogens (tertiary/aromatic N) is 1. The van der Waals surface area contributed by atoms with Gasteiger partial charge < -0.3 is 34.3 Å². The second-order valence-corrected chi connectivity index (χ2v) is 11.6. The third kappa shape index (κ3) is 9.51. The molecular formula is C33H34ClIN4O8. The average Bonchev–Trinajstić information content (AvgIpc) is 3.03. The minimum absolute atomic E-state index is 0.179. The van der Waals surface area contributed by atoms with Gasteiger partial charge in [-0.3, -0.25) is 4.79 Å². The molecule has 47 heavy (non-hydrogen) atoms. The first-order valence-corrected chi connectivity index (χ1v) is 16.0. The summed E-state index contributed by atoms with van der Waals surface area (Å²) in [4.78, 5) is 37.4. The third-order valence-electron chi connectivity index (χ3n) is 6.65. The van der Waals surface area contributed by atoms with Gasteiger partial charge in [-0.25, -0.2) is 15.0 Å². The van der Waals surface area contributed by atoms with Crippen LogP contribution in [-0.2, 0) is 20.9 Å². The van der Waals surface area contributed by atoms with Crippen LogP contribution in [0.5, 0.6) is 23.0 Å². The number of ether oxygens (including phenoxy) is 5. The first-order chi connectivity index (χ1) is 22.6. The van der Waals surface area contributed by atoms with Crippen molar-refractivity contribution < 1.29 is 38.1 Å². The van der Waals surface area contributed by atoms with Crippen molar-refractivity contribution in [1.29, 1.82) is 0 Å². The summed E-state index contributed by atoms with van der Waals surface area (Å²) in [6.07, 6.45) is 1.49. The maximum Gasteiger partial charge on any atom is 0.338 e. The van der Waals surface area contributed by atoms with Crippen LogP contribution in [-0.4, -0.2) is 51.1 Å². The number of carbonyl (C=O) groups is 3. The second kappa shape index (κ2) is 16.9. The van der Waals surface area contributed by atoms with Crippen LogP contribution >= 0.6 is 34.2 Å². The van der Waals surface area contributed by atoms with E-state index in [0.717, 1.165) is 9.13 Å². The molecule has 1 aliphatic rings. The van der Waals surface area contributed by atoms with Crippen molar-refractivity contribution in [2.45, 2.75) is 33.4 Å². The third-order valence-corrected chi connectivity index (χ3v) is 7.69. The zero-order valence-electron chi connectivity index (χ0n) is 26.1. The molecular weight excluding hydrogens is 743 g/mol. The maximum atomic E-state index is 12.6. The van der Waals surface area contributed by atoms with Crippen LogP contribution in [0.4, 0.5) is 4.79 Å². The highest BCUT2D eigenvalue weighted by atomic mass is 127. The zero-order chi connectivity index (χ0) is 33.9. The molecule has 14 heteroatoms. The number of nitrogens with one attached hydrogen (secondary N) is 3. The predicted molar refractivity (Wildman–Crippen MR) is 184 cm³/mol. The number of hydrazone groups is 1. The van der Waals surface area contributed by atoms with Gasteiger partial charge in [0.2, 0.25) is 0 Å². The van der Waals surface area contributed by atoms with E-state index in [2.05, 4.69) is 43.8 Å². The van der Waals surface area contributed by atoms with Crippen LogP contribution in [0.1, 0.15) is 43.5 Å². The molecule has 3 aromatic rings. The summed E-state index contributed by atoms with van der Waals surface area (Å²) in [5.74, 6) is 0.634. The smallest absolute Gasteiger partial charge is 0.338 e. The maximum absolute atomic E-state index is 12.6. The van der Waals surface area contributed by atoms with Gasteiger partial charge in [-0.15, -0.1) is 0 Å². The van der Waals surface area contributed by atoms with Gasteiger partial charge in [0.05, 0.1) is 41.7 Å². The number of hydrogen-bond donors (Lipinski definition) is 3. The minimum atomic E-state index is -0.779. The number of halogens is 2. The highest BCUT2D eigenvalue weighted by molar-refractivity contribution is 14.1. The molecule has 0 radical (unpaired) electrons. The molecule has 0 aromatic heterocycles. The quantitative estimate of drug-likeness (QED) is 0.0825. The second-order valence-electron chi connectivity index (χ2n) is 9.96. The van der Waals surface area contributed by atoms with E-state index >= 15 is 0 Å². The Bertz CT molecular complexity index is 1700. The van der Waals surface area contributed by atoms with Gasteiger partial charge in [-0.2, -0.15) is 5.10 Å². The number of methoxy groups -OCH3 is 1. The lowest BCUT2D eigenvalue weighted by Gasteiger charge is -2.28. The van der Waals surface area contributed by atoms with Crippen molar-refractivity contribution in [2.24, 2.45) is 5.10 Å². The molecule has 0 unspecified atom stereocenters. The molecule has 248 valence electrons. The number of amides is 3. The fourth-order valence-corrected chi connectivity index (χ4v) is 5.60. The Kier molecular flexibility index (Phi) is 12.7. The molecule has 0 spiro atoms. The van der Waals surface area contributed by atoms with Crippen molar-refractivity contribution >= 4 is 58.3 Å². The number of rotatable bonds is 14. The molecule has 4 rings (SSSR count). The van der Waals surface area contributed by atoms with E-state index in [0.29, 0.717) is 52.3 Å². The fraction of sp³-hybridized carbons (Fsp3) is 0.273. The molecule has 0 aliphatic carbocycles. The summed E-state index contributed by atoms with van der Waals surface area (Å²) in [7, 11) is 1.44. The number of allylic oxidation sites excluding steroid dienone is 1. The molecule has 0 bridgehead atoms. The molecule has 0 saturated heterocycles. The van der Waals surface area contributed by atoms with Crippen LogP contribution in [0.25, 0.3) is 0 Å². The molecule has 12 nitrogen and oxygen atoms in total. The lowest BCUT2D eigenvalue weighted by atomic mass is 9.95. The molecule has 3 N–H and O–H groups in total. The molecule has 0 saturated carbocycles. The Morgan fingerprint density at radius 1 is 1.02 bits per heavy atom. The van der Waals surface area contributed by atoms with Crippen LogP contribution in [0.2, 0.25) is 5.02 Å². The monoisotopic (exact) mass is 776 g/mol. The van der Waals surface area contributed by atoms with Crippen LogP contribution in [0.15, 0.2) is 71.0 Å². The van der Waals surface area contributed by atoms with Gasteiger partial charge in [0.25, 0.3) is 5.91 Å². The van der Waals surface area contributed by atoms with Crippen LogP contribution in [0.3, 0.4) is 0 Å². The Morgan fingerprint density at radius 3 is 2.55 bits per heavy atom. The standard InChI is InChI=1S/C33H34ClIN4O8/c1-5-44-27-14-21(13-24(35)31(27)47-17-20-8-7-9-23(34)12-20)16-36-39-28(40)18-46-25-11-10-22(15-26(25)43-4)30-29(32(41)45-6-2)19(3)37-33(42)38-30/h7-16,30H,5-6,17-18H2,1-4H3,(H,39,40)(H2,37,38,42)/b36-16+/t30-/m0/s1. The van der Waals surface area contributed by atoms with Crippen molar-refractivity contribution in [3.63, 3.8) is 0 Å². The molecule has 1 heterocycles. The summed E-state index contributed by atoms with van der Waals surface area (Å²) >= 11 is 8.25.